The molecule has 18 heavy (non-hydrogen) atoms. The molecule has 0 spiro atoms. The number of carboxylic acid groups (broad SMARTS) is 1. The highest BCUT2D eigenvalue weighted by molar-refractivity contribution is 5.66. The molecule has 0 aromatic carbocycles. The van der Waals surface area contributed by atoms with Crippen molar-refractivity contribution in [2.24, 2.45) is 0 Å². The monoisotopic (exact) mass is 256 g/mol. The molecule has 0 atom stereocenters. The number of allylic oxidation sites excluding steroid dienone is 2. The second kappa shape index (κ2) is 14.2. The van der Waals surface area contributed by atoms with Crippen molar-refractivity contribution in [3.63, 3.8) is 0 Å². The van der Waals surface area contributed by atoms with Crippen LogP contribution in [-0.2, 0) is 4.79 Å². The Kier molecular flexibility index (Phi) is 13.6. The van der Waals surface area contributed by atoms with Crippen molar-refractivity contribution >= 4 is 5.97 Å². The minimum absolute atomic E-state index is 0.301. The number of carbonyl (C=O) groups is 1. The Morgan fingerprint density at radius 2 is 1.28 bits per heavy atom. The number of unbranched alkanes of at least 4 members (excludes halogenated alkanes) is 8. The number of rotatable bonds is 13. The molecule has 0 unspecified atom stereocenters. The molecular formula is C15H28O3. The summed E-state index contributed by atoms with van der Waals surface area (Å²) in [5.74, 6) is -0.679. The normalized spacial score (nSPS) is 11.2. The lowest BCUT2D eigenvalue weighted by atomic mass is 10.1. The Morgan fingerprint density at radius 1 is 0.778 bits per heavy atom. The number of aliphatic carboxylic acids is 1. The van der Waals surface area contributed by atoms with E-state index in [-0.39, 0.29) is 0 Å². The van der Waals surface area contributed by atoms with Crippen molar-refractivity contribution < 1.29 is 15.0 Å². The molecule has 2 N–H and O–H groups in total. The number of hydrogen-bond donors (Lipinski definition) is 2. The Bertz CT molecular complexity index is 212. The zero-order valence-corrected chi connectivity index (χ0v) is 11.4. The Labute approximate surface area is 111 Å². The molecular weight excluding hydrogens is 228 g/mol. The maximum absolute atomic E-state index is 10.3. The highest BCUT2D eigenvalue weighted by Gasteiger charge is 1.96. The van der Waals surface area contributed by atoms with E-state index in [2.05, 4.69) is 12.2 Å². The molecule has 0 rings (SSSR count). The van der Waals surface area contributed by atoms with Crippen molar-refractivity contribution in [1.29, 1.82) is 0 Å². The van der Waals surface area contributed by atoms with Crippen molar-refractivity contribution in [3.05, 3.63) is 12.2 Å². The van der Waals surface area contributed by atoms with E-state index in [0.29, 0.717) is 13.0 Å². The first-order valence-corrected chi connectivity index (χ1v) is 7.25. The van der Waals surface area contributed by atoms with E-state index in [1.54, 1.807) is 0 Å². The Balaban J connectivity index is 3.04. The van der Waals surface area contributed by atoms with Crippen LogP contribution in [0.2, 0.25) is 0 Å². The van der Waals surface area contributed by atoms with Gasteiger partial charge in [0, 0.05) is 13.0 Å². The summed E-state index contributed by atoms with van der Waals surface area (Å²) in [6.07, 6.45) is 15.7. The van der Waals surface area contributed by atoms with E-state index < -0.39 is 5.97 Å². The van der Waals surface area contributed by atoms with Crippen LogP contribution in [0.5, 0.6) is 0 Å². The molecule has 106 valence electrons. The van der Waals surface area contributed by atoms with Crippen LogP contribution in [0.3, 0.4) is 0 Å². The van der Waals surface area contributed by atoms with Crippen LogP contribution in [0.4, 0.5) is 0 Å². The van der Waals surface area contributed by atoms with Crippen LogP contribution < -0.4 is 0 Å². The van der Waals surface area contributed by atoms with Gasteiger partial charge in [-0.15, -0.1) is 0 Å². The lowest BCUT2D eigenvalue weighted by Crippen LogP contribution is -1.93. The fourth-order valence-corrected chi connectivity index (χ4v) is 1.86. The Morgan fingerprint density at radius 3 is 1.83 bits per heavy atom. The molecule has 3 nitrogen and oxygen atoms in total. The van der Waals surface area contributed by atoms with Gasteiger partial charge in [-0.2, -0.15) is 0 Å². The topological polar surface area (TPSA) is 57.5 Å². The van der Waals surface area contributed by atoms with E-state index in [4.69, 9.17) is 10.2 Å². The number of carboxylic acids is 1. The highest BCUT2D eigenvalue weighted by Crippen LogP contribution is 2.09. The average Bonchev–Trinajstić information content (AvgIpc) is 2.34. The van der Waals surface area contributed by atoms with Crippen molar-refractivity contribution in [2.45, 2.75) is 70.6 Å². The number of hydrogen-bond acceptors (Lipinski definition) is 2. The lowest BCUT2D eigenvalue weighted by Gasteiger charge is -1.99. The van der Waals surface area contributed by atoms with Gasteiger partial charge in [0.1, 0.15) is 0 Å². The average molecular weight is 256 g/mol. The third-order valence-corrected chi connectivity index (χ3v) is 2.96. The molecule has 0 heterocycles. The van der Waals surface area contributed by atoms with Crippen LogP contribution in [0, 0.1) is 0 Å². The lowest BCUT2D eigenvalue weighted by molar-refractivity contribution is -0.137. The maximum Gasteiger partial charge on any atom is 0.303 e. The third-order valence-electron chi connectivity index (χ3n) is 2.96. The first-order valence-electron chi connectivity index (χ1n) is 7.25. The quantitative estimate of drug-likeness (QED) is 0.388. The van der Waals surface area contributed by atoms with Gasteiger partial charge in [0.15, 0.2) is 0 Å². The van der Waals surface area contributed by atoms with E-state index in [1.807, 2.05) is 0 Å². The van der Waals surface area contributed by atoms with Gasteiger partial charge in [0.05, 0.1) is 0 Å². The van der Waals surface area contributed by atoms with Crippen LogP contribution in [0.15, 0.2) is 12.2 Å². The first kappa shape index (κ1) is 17.2. The predicted octanol–water partition coefficient (Wildman–Crippen LogP) is 3.91. The molecule has 0 aliphatic rings. The zero-order chi connectivity index (χ0) is 13.5. The summed E-state index contributed by atoms with van der Waals surface area (Å²) >= 11 is 0. The maximum atomic E-state index is 10.3. The second-order valence-electron chi connectivity index (χ2n) is 4.74. The minimum atomic E-state index is -0.679. The van der Waals surface area contributed by atoms with Crippen LogP contribution >= 0.6 is 0 Å². The second-order valence-corrected chi connectivity index (χ2v) is 4.74. The molecule has 0 aromatic rings. The van der Waals surface area contributed by atoms with Gasteiger partial charge in [-0.3, -0.25) is 4.79 Å². The van der Waals surface area contributed by atoms with Gasteiger partial charge >= 0.3 is 5.97 Å². The summed E-state index contributed by atoms with van der Waals surface area (Å²) in [6.45, 7) is 0.301. The van der Waals surface area contributed by atoms with Crippen LogP contribution in [0.1, 0.15) is 70.6 Å². The van der Waals surface area contributed by atoms with Crippen LogP contribution in [-0.4, -0.2) is 22.8 Å². The zero-order valence-electron chi connectivity index (χ0n) is 11.4. The fraction of sp³-hybridized carbons (Fsp3) is 0.800. The predicted molar refractivity (Wildman–Crippen MR) is 74.6 cm³/mol. The summed E-state index contributed by atoms with van der Waals surface area (Å²) in [5.41, 5.74) is 0. The molecule has 0 saturated heterocycles. The van der Waals surface area contributed by atoms with Gasteiger partial charge in [0.2, 0.25) is 0 Å². The Hall–Kier alpha value is -0.830. The van der Waals surface area contributed by atoms with Crippen molar-refractivity contribution in [2.75, 3.05) is 6.61 Å². The highest BCUT2D eigenvalue weighted by atomic mass is 16.4. The molecule has 0 bridgehead atoms. The molecule has 3 heteroatoms. The molecule has 0 radical (unpaired) electrons. The number of aliphatic hydroxyl groups excluding tert-OH is 1. The summed E-state index contributed by atoms with van der Waals surface area (Å²) in [4.78, 5) is 10.3. The minimum Gasteiger partial charge on any atom is -0.481 e. The smallest absolute Gasteiger partial charge is 0.303 e. The third kappa shape index (κ3) is 15.2. The van der Waals surface area contributed by atoms with E-state index in [1.165, 1.54) is 19.3 Å². The van der Waals surface area contributed by atoms with E-state index in [9.17, 15) is 4.79 Å². The summed E-state index contributed by atoms with van der Waals surface area (Å²) < 4.78 is 0. The van der Waals surface area contributed by atoms with Gasteiger partial charge in [-0.05, 0) is 38.5 Å². The van der Waals surface area contributed by atoms with Gasteiger partial charge in [-0.25, -0.2) is 0 Å². The molecule has 0 saturated carbocycles. The summed E-state index contributed by atoms with van der Waals surface area (Å²) in [6, 6.07) is 0. The molecule has 0 aromatic heterocycles. The largest absolute Gasteiger partial charge is 0.481 e. The van der Waals surface area contributed by atoms with Crippen molar-refractivity contribution in [1.82, 2.24) is 0 Å². The molecule has 0 aliphatic heterocycles. The van der Waals surface area contributed by atoms with E-state index >= 15 is 0 Å². The molecule has 0 fully saturated rings. The van der Waals surface area contributed by atoms with Gasteiger partial charge in [-0.1, -0.05) is 37.8 Å². The fourth-order valence-electron chi connectivity index (χ4n) is 1.86. The van der Waals surface area contributed by atoms with Crippen LogP contribution in [0.25, 0.3) is 0 Å². The van der Waals surface area contributed by atoms with E-state index in [0.717, 1.165) is 44.9 Å². The standard InChI is InChI=1S/C15H28O3/c16-14-12-10-8-6-4-2-1-3-5-7-9-11-13-15(17)18/h4,6,16H,1-3,5,7-14H2,(H,17,18). The van der Waals surface area contributed by atoms with Gasteiger partial charge in [0.25, 0.3) is 0 Å². The molecule has 0 amide bonds. The molecule has 0 aliphatic carbocycles. The SMILES string of the molecule is O=C(O)CCCCCCCCC=CCCCCO. The van der Waals surface area contributed by atoms with Gasteiger partial charge < -0.3 is 10.2 Å². The van der Waals surface area contributed by atoms with Crippen molar-refractivity contribution in [3.8, 4) is 0 Å². The first-order chi connectivity index (χ1) is 8.77. The number of aliphatic hydroxyl groups is 1. The summed E-state index contributed by atoms with van der Waals surface area (Å²) in [7, 11) is 0. The summed E-state index contributed by atoms with van der Waals surface area (Å²) in [5, 5.41) is 17.1.